The molecule has 1 N–H and O–H groups in total. The van der Waals surface area contributed by atoms with E-state index in [1.54, 1.807) is 37.1 Å². The van der Waals surface area contributed by atoms with Crippen molar-refractivity contribution in [3.8, 4) is 17.2 Å². The normalized spacial score (nSPS) is 10.7. The summed E-state index contributed by atoms with van der Waals surface area (Å²) in [4.78, 5) is 13.0. The highest BCUT2D eigenvalue weighted by Gasteiger charge is 2.19. The lowest BCUT2D eigenvalue weighted by Gasteiger charge is -2.12. The van der Waals surface area contributed by atoms with E-state index in [1.807, 2.05) is 50.2 Å². The number of nitrogens with zero attached hydrogens (tertiary/aromatic N) is 2. The average molecular weight is 365 g/mol. The van der Waals surface area contributed by atoms with E-state index in [-0.39, 0.29) is 11.8 Å². The zero-order valence-electron chi connectivity index (χ0n) is 15.9. The third kappa shape index (κ3) is 3.95. The van der Waals surface area contributed by atoms with Gasteiger partial charge in [0.15, 0.2) is 0 Å². The number of ether oxygens (including phenoxy) is 2. The third-order valence-corrected chi connectivity index (χ3v) is 4.21. The molecular formula is C21H23N3O3. The number of anilines is 1. The predicted octanol–water partition coefficient (Wildman–Crippen LogP) is 4.27. The van der Waals surface area contributed by atoms with Crippen molar-refractivity contribution in [3.63, 3.8) is 0 Å². The molecule has 0 aliphatic carbocycles. The first-order valence-corrected chi connectivity index (χ1v) is 8.72. The van der Waals surface area contributed by atoms with Gasteiger partial charge in [0.05, 0.1) is 31.3 Å². The molecule has 27 heavy (non-hydrogen) atoms. The Labute approximate surface area is 158 Å². The lowest BCUT2D eigenvalue weighted by molar-refractivity contribution is 0.101. The summed E-state index contributed by atoms with van der Waals surface area (Å²) in [5.41, 5.74) is 2.66. The highest BCUT2D eigenvalue weighted by molar-refractivity contribution is 6.04. The third-order valence-electron chi connectivity index (χ3n) is 4.21. The fourth-order valence-electron chi connectivity index (χ4n) is 2.71. The maximum absolute atomic E-state index is 13.0. The van der Waals surface area contributed by atoms with Crippen molar-refractivity contribution in [2.24, 2.45) is 0 Å². The Morgan fingerprint density at radius 3 is 2.41 bits per heavy atom. The molecule has 3 aromatic rings. The lowest BCUT2D eigenvalue weighted by Crippen LogP contribution is -2.17. The molecule has 0 bridgehead atoms. The smallest absolute Gasteiger partial charge is 0.274 e. The van der Waals surface area contributed by atoms with E-state index >= 15 is 0 Å². The predicted molar refractivity (Wildman–Crippen MR) is 105 cm³/mol. The quantitative estimate of drug-likeness (QED) is 0.709. The average Bonchev–Trinajstić information content (AvgIpc) is 3.14. The van der Waals surface area contributed by atoms with E-state index in [1.165, 1.54) is 0 Å². The number of amides is 1. The summed E-state index contributed by atoms with van der Waals surface area (Å²) in [6.07, 6.45) is 0. The van der Waals surface area contributed by atoms with E-state index in [9.17, 15) is 4.79 Å². The fourth-order valence-corrected chi connectivity index (χ4v) is 2.71. The van der Waals surface area contributed by atoms with Crippen LogP contribution in [0.3, 0.4) is 0 Å². The molecule has 0 spiro atoms. The zero-order chi connectivity index (χ0) is 19.4. The van der Waals surface area contributed by atoms with Crippen molar-refractivity contribution in [2.75, 3.05) is 19.5 Å². The monoisotopic (exact) mass is 365 g/mol. The van der Waals surface area contributed by atoms with Crippen LogP contribution in [0.4, 0.5) is 5.69 Å². The number of benzene rings is 2. The molecule has 1 amide bonds. The molecule has 2 aromatic carbocycles. The largest absolute Gasteiger partial charge is 0.497 e. The van der Waals surface area contributed by atoms with Crippen molar-refractivity contribution in [2.45, 2.75) is 19.8 Å². The van der Waals surface area contributed by atoms with Gasteiger partial charge in [-0.3, -0.25) is 4.79 Å². The molecule has 0 atom stereocenters. The Bertz CT molecular complexity index is 933. The minimum Gasteiger partial charge on any atom is -0.497 e. The molecule has 6 nitrogen and oxygen atoms in total. The summed E-state index contributed by atoms with van der Waals surface area (Å²) in [5, 5.41) is 7.53. The van der Waals surface area contributed by atoms with E-state index < -0.39 is 0 Å². The molecule has 3 rings (SSSR count). The number of hydrogen-bond acceptors (Lipinski definition) is 4. The first-order valence-electron chi connectivity index (χ1n) is 8.72. The van der Waals surface area contributed by atoms with Crippen molar-refractivity contribution in [1.82, 2.24) is 9.78 Å². The van der Waals surface area contributed by atoms with Gasteiger partial charge in [0.1, 0.15) is 17.2 Å². The summed E-state index contributed by atoms with van der Waals surface area (Å²) in [6.45, 7) is 4.09. The molecule has 0 saturated heterocycles. The Kier molecular flexibility index (Phi) is 5.45. The second-order valence-corrected chi connectivity index (χ2v) is 6.38. The number of carbonyl (C=O) groups is 1. The van der Waals surface area contributed by atoms with Gasteiger partial charge in [-0.2, -0.15) is 5.10 Å². The number of nitrogens with one attached hydrogen (secondary N) is 1. The summed E-state index contributed by atoms with van der Waals surface area (Å²) in [5.74, 6) is 1.11. The molecule has 1 heterocycles. The molecule has 140 valence electrons. The molecule has 6 heteroatoms. The highest BCUT2D eigenvalue weighted by atomic mass is 16.5. The standard InChI is InChI=1S/C21H23N3O3/c1-14(2)17-13-19(24(23-17)15-8-6-5-7-9-15)21(25)22-18-12-16(26-3)10-11-20(18)27-4/h5-14H,1-4H3,(H,22,25). The van der Waals surface area contributed by atoms with Crippen LogP contribution in [0, 0.1) is 0 Å². The fraction of sp³-hybridized carbons (Fsp3) is 0.238. The van der Waals surface area contributed by atoms with Crippen LogP contribution in [0.2, 0.25) is 0 Å². The molecule has 0 aliphatic rings. The van der Waals surface area contributed by atoms with Crippen LogP contribution in [-0.2, 0) is 0 Å². The lowest BCUT2D eigenvalue weighted by atomic mass is 10.1. The number of carbonyl (C=O) groups excluding carboxylic acids is 1. The summed E-state index contributed by atoms with van der Waals surface area (Å²) < 4.78 is 12.3. The number of methoxy groups -OCH3 is 2. The Morgan fingerprint density at radius 2 is 1.78 bits per heavy atom. The second kappa shape index (κ2) is 7.95. The second-order valence-electron chi connectivity index (χ2n) is 6.38. The van der Waals surface area contributed by atoms with E-state index in [0.717, 1.165) is 11.4 Å². The summed E-state index contributed by atoms with van der Waals surface area (Å²) in [6, 6.07) is 16.7. The molecule has 0 saturated carbocycles. The Morgan fingerprint density at radius 1 is 1.04 bits per heavy atom. The van der Waals surface area contributed by atoms with Gasteiger partial charge in [-0.25, -0.2) is 4.68 Å². The molecule has 0 aliphatic heterocycles. The molecular weight excluding hydrogens is 342 g/mol. The summed E-state index contributed by atoms with van der Waals surface area (Å²) in [7, 11) is 3.13. The van der Waals surface area contributed by atoms with Gasteiger partial charge in [0.2, 0.25) is 0 Å². The summed E-state index contributed by atoms with van der Waals surface area (Å²) >= 11 is 0. The SMILES string of the molecule is COc1ccc(OC)c(NC(=O)c2cc(C(C)C)nn2-c2ccccc2)c1. The number of hydrogen-bond donors (Lipinski definition) is 1. The van der Waals surface area contributed by atoms with Crippen molar-refractivity contribution >= 4 is 11.6 Å². The molecule has 0 unspecified atom stereocenters. The van der Waals surface area contributed by atoms with Crippen molar-refractivity contribution in [1.29, 1.82) is 0 Å². The van der Waals surface area contributed by atoms with Gasteiger partial charge < -0.3 is 14.8 Å². The molecule has 0 fully saturated rings. The Balaban J connectivity index is 2.00. The van der Waals surface area contributed by atoms with Crippen LogP contribution >= 0.6 is 0 Å². The first-order chi connectivity index (χ1) is 13.0. The Hall–Kier alpha value is -3.28. The number of para-hydroxylation sites is 1. The van der Waals surface area contributed by atoms with Gasteiger partial charge in [0, 0.05) is 6.07 Å². The molecule has 0 radical (unpaired) electrons. The number of aromatic nitrogens is 2. The highest BCUT2D eigenvalue weighted by Crippen LogP contribution is 2.29. The van der Waals surface area contributed by atoms with Gasteiger partial charge in [-0.05, 0) is 36.2 Å². The van der Waals surface area contributed by atoms with E-state index in [4.69, 9.17) is 9.47 Å². The minimum absolute atomic E-state index is 0.202. The maximum Gasteiger partial charge on any atom is 0.274 e. The van der Waals surface area contributed by atoms with E-state index in [0.29, 0.717) is 22.9 Å². The van der Waals surface area contributed by atoms with Crippen LogP contribution in [0.25, 0.3) is 5.69 Å². The number of rotatable bonds is 6. The molecule has 1 aromatic heterocycles. The zero-order valence-corrected chi connectivity index (χ0v) is 15.9. The first kappa shape index (κ1) is 18.5. The van der Waals surface area contributed by atoms with E-state index in [2.05, 4.69) is 10.4 Å². The van der Waals surface area contributed by atoms with Gasteiger partial charge in [-0.15, -0.1) is 0 Å². The van der Waals surface area contributed by atoms with Crippen LogP contribution in [-0.4, -0.2) is 29.9 Å². The van der Waals surface area contributed by atoms with Crippen LogP contribution < -0.4 is 14.8 Å². The van der Waals surface area contributed by atoms with Crippen LogP contribution in [0.15, 0.2) is 54.6 Å². The van der Waals surface area contributed by atoms with Gasteiger partial charge in [-0.1, -0.05) is 32.0 Å². The van der Waals surface area contributed by atoms with Crippen molar-refractivity contribution in [3.05, 3.63) is 66.0 Å². The van der Waals surface area contributed by atoms with Gasteiger partial charge >= 0.3 is 0 Å². The topological polar surface area (TPSA) is 65.4 Å². The van der Waals surface area contributed by atoms with Crippen molar-refractivity contribution < 1.29 is 14.3 Å². The van der Waals surface area contributed by atoms with Gasteiger partial charge in [0.25, 0.3) is 5.91 Å². The maximum atomic E-state index is 13.0. The van der Waals surface area contributed by atoms with Crippen LogP contribution in [0.5, 0.6) is 11.5 Å². The van der Waals surface area contributed by atoms with Crippen LogP contribution in [0.1, 0.15) is 35.9 Å². The minimum atomic E-state index is -0.273.